The Kier molecular flexibility index (Phi) is 4.57. The van der Waals surface area contributed by atoms with Crippen LogP contribution in [-0.4, -0.2) is 24.9 Å². The zero-order valence-corrected chi connectivity index (χ0v) is 11.1. The first kappa shape index (κ1) is 12.6. The number of nitrogen functional groups attached to an aromatic ring is 1. The molecule has 1 aromatic carbocycles. The second kappa shape index (κ2) is 6.17. The molecule has 1 aliphatic heterocycles. The third-order valence-corrected chi connectivity index (χ3v) is 4.18. The average Bonchev–Trinajstić information content (AvgIpc) is 2.35. The van der Waals surface area contributed by atoms with Gasteiger partial charge >= 0.3 is 0 Å². The van der Waals surface area contributed by atoms with Crippen LogP contribution in [-0.2, 0) is 0 Å². The Hall–Kier alpha value is -0.870. The predicted octanol–water partition coefficient (Wildman–Crippen LogP) is 2.51. The normalized spacial score (nSPS) is 20.2. The van der Waals surface area contributed by atoms with Crippen molar-refractivity contribution < 1.29 is 4.74 Å². The van der Waals surface area contributed by atoms with Gasteiger partial charge in [-0.1, -0.05) is 0 Å². The van der Waals surface area contributed by atoms with Crippen LogP contribution in [0, 0.1) is 0 Å². The van der Waals surface area contributed by atoms with Crippen LogP contribution >= 0.6 is 11.8 Å². The minimum Gasteiger partial charge on any atom is -0.494 e. The van der Waals surface area contributed by atoms with Crippen LogP contribution in [0.3, 0.4) is 0 Å². The molecule has 0 aromatic heterocycles. The number of hydrogen-bond donors (Lipinski definition) is 2. The second-order valence-corrected chi connectivity index (χ2v) is 5.56. The first-order valence-electron chi connectivity index (χ1n) is 6.19. The smallest absolute Gasteiger partial charge is 0.120 e. The third kappa shape index (κ3) is 3.54. The molecule has 3 nitrogen and oxygen atoms in total. The molecule has 0 saturated carbocycles. The average molecular weight is 252 g/mol. The number of piperidine rings is 1. The molecule has 1 aromatic rings. The lowest BCUT2D eigenvalue weighted by molar-refractivity contribution is 0.339. The number of ether oxygens (including phenoxy) is 1. The number of nitrogens with one attached hydrogen (secondary N) is 1. The molecule has 0 bridgehead atoms. The molecule has 1 saturated heterocycles. The highest BCUT2D eigenvalue weighted by atomic mass is 32.2. The maximum Gasteiger partial charge on any atom is 0.120 e. The van der Waals surface area contributed by atoms with Crippen molar-refractivity contribution >= 4 is 17.4 Å². The lowest BCUT2D eigenvalue weighted by Crippen LogP contribution is -2.31. The van der Waals surface area contributed by atoms with E-state index >= 15 is 0 Å². The molecule has 1 atom stereocenters. The lowest BCUT2D eigenvalue weighted by atomic mass is 10.2. The van der Waals surface area contributed by atoms with Crippen molar-refractivity contribution in [2.24, 2.45) is 0 Å². The largest absolute Gasteiger partial charge is 0.494 e. The molecule has 3 N–H and O–H groups in total. The molecule has 94 valence electrons. The summed E-state index contributed by atoms with van der Waals surface area (Å²) in [5.74, 6) is 0.910. The number of hydrogen-bond acceptors (Lipinski definition) is 4. The molecule has 0 amide bonds. The highest BCUT2D eigenvalue weighted by Crippen LogP contribution is 2.34. The van der Waals surface area contributed by atoms with Crippen molar-refractivity contribution in [2.75, 3.05) is 25.4 Å². The Morgan fingerprint density at radius 3 is 3.12 bits per heavy atom. The van der Waals surface area contributed by atoms with Gasteiger partial charge in [0, 0.05) is 22.4 Å². The van der Waals surface area contributed by atoms with E-state index in [1.54, 1.807) is 0 Å². The van der Waals surface area contributed by atoms with E-state index in [-0.39, 0.29) is 0 Å². The first-order valence-corrected chi connectivity index (χ1v) is 7.07. The molecule has 1 fully saturated rings. The maximum absolute atomic E-state index is 6.01. The summed E-state index contributed by atoms with van der Waals surface area (Å²) in [4.78, 5) is 1.14. The van der Waals surface area contributed by atoms with Crippen molar-refractivity contribution in [3.05, 3.63) is 18.2 Å². The van der Waals surface area contributed by atoms with Crippen molar-refractivity contribution in [3.8, 4) is 5.75 Å². The summed E-state index contributed by atoms with van der Waals surface area (Å²) in [6, 6.07) is 5.92. The fraction of sp³-hybridized carbons (Fsp3) is 0.538. The van der Waals surface area contributed by atoms with Crippen LogP contribution in [0.4, 0.5) is 5.69 Å². The fourth-order valence-corrected chi connectivity index (χ4v) is 3.21. The van der Waals surface area contributed by atoms with Crippen LogP contribution in [0.25, 0.3) is 0 Å². The van der Waals surface area contributed by atoms with Gasteiger partial charge in [-0.3, -0.25) is 0 Å². The van der Waals surface area contributed by atoms with Crippen LogP contribution in [0.2, 0.25) is 0 Å². The molecule has 2 rings (SSSR count). The van der Waals surface area contributed by atoms with Gasteiger partial charge in [0.15, 0.2) is 0 Å². The maximum atomic E-state index is 6.01. The lowest BCUT2D eigenvalue weighted by Gasteiger charge is -2.22. The zero-order chi connectivity index (χ0) is 12.1. The van der Waals surface area contributed by atoms with E-state index in [0.717, 1.165) is 29.4 Å². The Morgan fingerprint density at radius 1 is 1.53 bits per heavy atom. The standard InChI is InChI=1S/C13H20N2OS/c1-2-16-10-5-6-12(14)13(8-10)17-11-4-3-7-15-9-11/h5-6,8,11,15H,2-4,7,9,14H2,1H3. The van der Waals surface area contributed by atoms with E-state index in [0.29, 0.717) is 11.9 Å². The number of anilines is 1. The van der Waals surface area contributed by atoms with E-state index in [1.165, 1.54) is 12.8 Å². The van der Waals surface area contributed by atoms with Gasteiger partial charge in [0.05, 0.1) is 6.61 Å². The number of rotatable bonds is 4. The highest BCUT2D eigenvalue weighted by molar-refractivity contribution is 8.00. The number of nitrogens with two attached hydrogens (primary N) is 1. The van der Waals surface area contributed by atoms with E-state index in [4.69, 9.17) is 10.5 Å². The van der Waals surface area contributed by atoms with E-state index in [1.807, 2.05) is 30.8 Å². The summed E-state index contributed by atoms with van der Waals surface area (Å²) < 4.78 is 5.51. The Morgan fingerprint density at radius 2 is 2.41 bits per heavy atom. The molecule has 1 aliphatic rings. The molecule has 0 aliphatic carbocycles. The van der Waals surface area contributed by atoms with Gasteiger partial charge in [0.1, 0.15) is 5.75 Å². The molecule has 0 radical (unpaired) electrons. The van der Waals surface area contributed by atoms with Gasteiger partial charge in [0.25, 0.3) is 0 Å². The van der Waals surface area contributed by atoms with Crippen LogP contribution in [0.15, 0.2) is 23.1 Å². The Bertz CT molecular complexity index is 364. The van der Waals surface area contributed by atoms with Gasteiger partial charge in [-0.25, -0.2) is 0 Å². The second-order valence-electron chi connectivity index (χ2n) is 4.22. The van der Waals surface area contributed by atoms with Gasteiger partial charge in [0.2, 0.25) is 0 Å². The van der Waals surface area contributed by atoms with Crippen LogP contribution < -0.4 is 15.8 Å². The van der Waals surface area contributed by atoms with Crippen molar-refractivity contribution in [1.29, 1.82) is 0 Å². The summed E-state index contributed by atoms with van der Waals surface area (Å²) >= 11 is 1.86. The van der Waals surface area contributed by atoms with Gasteiger partial charge in [-0.15, -0.1) is 11.8 Å². The summed E-state index contributed by atoms with van der Waals surface area (Å²) in [5, 5.41) is 4.05. The molecular weight excluding hydrogens is 232 g/mol. The van der Waals surface area contributed by atoms with Gasteiger partial charge < -0.3 is 15.8 Å². The number of benzene rings is 1. The Labute approximate surface area is 107 Å². The zero-order valence-electron chi connectivity index (χ0n) is 10.2. The predicted molar refractivity (Wildman–Crippen MR) is 73.8 cm³/mol. The first-order chi connectivity index (χ1) is 8.29. The molecule has 0 spiro atoms. The minimum absolute atomic E-state index is 0.628. The van der Waals surface area contributed by atoms with Crippen LogP contribution in [0.1, 0.15) is 19.8 Å². The minimum atomic E-state index is 0.628. The van der Waals surface area contributed by atoms with Crippen molar-refractivity contribution in [2.45, 2.75) is 29.9 Å². The summed E-state index contributed by atoms with van der Waals surface area (Å²) in [7, 11) is 0. The van der Waals surface area contributed by atoms with E-state index in [9.17, 15) is 0 Å². The topological polar surface area (TPSA) is 47.3 Å². The van der Waals surface area contributed by atoms with Gasteiger partial charge in [-0.2, -0.15) is 0 Å². The van der Waals surface area contributed by atoms with Crippen LogP contribution in [0.5, 0.6) is 5.75 Å². The summed E-state index contributed by atoms with van der Waals surface area (Å²) in [5.41, 5.74) is 6.86. The quantitative estimate of drug-likeness (QED) is 0.808. The fourth-order valence-electron chi connectivity index (χ4n) is 1.97. The summed E-state index contributed by atoms with van der Waals surface area (Å²) in [6.45, 7) is 4.90. The third-order valence-electron chi connectivity index (χ3n) is 2.84. The SMILES string of the molecule is CCOc1ccc(N)c(SC2CCCNC2)c1. The van der Waals surface area contributed by atoms with Crippen molar-refractivity contribution in [1.82, 2.24) is 5.32 Å². The highest BCUT2D eigenvalue weighted by Gasteiger charge is 2.15. The molecule has 4 heteroatoms. The van der Waals surface area contributed by atoms with Crippen molar-refractivity contribution in [3.63, 3.8) is 0 Å². The molecule has 17 heavy (non-hydrogen) atoms. The monoisotopic (exact) mass is 252 g/mol. The Balaban J connectivity index is 2.04. The van der Waals surface area contributed by atoms with E-state index in [2.05, 4.69) is 11.4 Å². The molecule has 1 heterocycles. The summed E-state index contributed by atoms with van der Waals surface area (Å²) in [6.07, 6.45) is 2.51. The van der Waals surface area contributed by atoms with E-state index < -0.39 is 0 Å². The van der Waals surface area contributed by atoms with Gasteiger partial charge in [-0.05, 0) is 44.5 Å². The molecule has 1 unspecified atom stereocenters. The molecular formula is C13H20N2OS. The number of thioether (sulfide) groups is 1.